The summed E-state index contributed by atoms with van der Waals surface area (Å²) in [6.45, 7) is 1.86. The molecule has 4 heteroatoms. The Morgan fingerprint density at radius 3 is 2.67 bits per heavy atom. The van der Waals surface area contributed by atoms with Crippen LogP contribution >= 0.6 is 0 Å². The summed E-state index contributed by atoms with van der Waals surface area (Å²) in [7, 11) is 0. The van der Waals surface area contributed by atoms with Gasteiger partial charge in [-0.25, -0.2) is 9.97 Å². The summed E-state index contributed by atoms with van der Waals surface area (Å²) in [5.74, 6) is 0. The van der Waals surface area contributed by atoms with Crippen molar-refractivity contribution in [1.82, 2.24) is 15.0 Å². The maximum Gasteiger partial charge on any atom is 0.115 e. The van der Waals surface area contributed by atoms with Crippen molar-refractivity contribution in [3.05, 3.63) is 53.9 Å². The minimum atomic E-state index is -0.708. The Labute approximate surface area is 87.7 Å². The molecular formula is C11H11N3O. The lowest BCUT2D eigenvalue weighted by atomic mass is 10.0. The molecule has 1 N–H and O–H groups in total. The Morgan fingerprint density at radius 1 is 1.27 bits per heavy atom. The van der Waals surface area contributed by atoms with E-state index in [1.54, 1.807) is 24.7 Å². The molecule has 1 unspecified atom stereocenters. The number of aryl methyl sites for hydroxylation is 1. The van der Waals surface area contributed by atoms with Crippen LogP contribution in [0.25, 0.3) is 0 Å². The van der Waals surface area contributed by atoms with Gasteiger partial charge in [-0.3, -0.25) is 4.98 Å². The molecular weight excluding hydrogens is 190 g/mol. The molecule has 2 rings (SSSR count). The summed E-state index contributed by atoms with van der Waals surface area (Å²) in [4.78, 5) is 11.9. The highest BCUT2D eigenvalue weighted by molar-refractivity contribution is 5.28. The van der Waals surface area contributed by atoms with Crippen molar-refractivity contribution in [2.45, 2.75) is 13.0 Å². The highest BCUT2D eigenvalue weighted by atomic mass is 16.3. The molecule has 1 atom stereocenters. The summed E-state index contributed by atoms with van der Waals surface area (Å²) >= 11 is 0. The first-order valence-electron chi connectivity index (χ1n) is 4.63. The molecule has 2 heterocycles. The minimum Gasteiger partial charge on any atom is -0.383 e. The lowest BCUT2D eigenvalue weighted by Crippen LogP contribution is -2.03. The van der Waals surface area contributed by atoms with Gasteiger partial charge in [-0.2, -0.15) is 0 Å². The molecule has 0 fully saturated rings. The van der Waals surface area contributed by atoms with Crippen LogP contribution in [0.3, 0.4) is 0 Å². The van der Waals surface area contributed by atoms with E-state index in [0.29, 0.717) is 5.56 Å². The van der Waals surface area contributed by atoms with E-state index in [9.17, 15) is 5.11 Å². The van der Waals surface area contributed by atoms with Gasteiger partial charge in [0.1, 0.15) is 12.4 Å². The third kappa shape index (κ3) is 1.99. The van der Waals surface area contributed by atoms with E-state index in [4.69, 9.17) is 0 Å². The molecule has 15 heavy (non-hydrogen) atoms. The zero-order valence-corrected chi connectivity index (χ0v) is 8.33. The van der Waals surface area contributed by atoms with Gasteiger partial charge in [0.2, 0.25) is 0 Å². The maximum atomic E-state index is 10.1. The normalized spacial score (nSPS) is 12.4. The van der Waals surface area contributed by atoms with Crippen molar-refractivity contribution < 1.29 is 5.11 Å². The van der Waals surface area contributed by atoms with Crippen LogP contribution in [0.4, 0.5) is 0 Å². The van der Waals surface area contributed by atoms with E-state index in [-0.39, 0.29) is 0 Å². The zero-order valence-electron chi connectivity index (χ0n) is 8.33. The first-order chi connectivity index (χ1) is 7.29. The summed E-state index contributed by atoms with van der Waals surface area (Å²) < 4.78 is 0. The molecule has 0 aliphatic rings. The van der Waals surface area contributed by atoms with E-state index >= 15 is 0 Å². The number of hydrogen-bond donors (Lipinski definition) is 1. The highest BCUT2D eigenvalue weighted by Gasteiger charge is 2.13. The van der Waals surface area contributed by atoms with Gasteiger partial charge < -0.3 is 5.11 Å². The van der Waals surface area contributed by atoms with Crippen molar-refractivity contribution in [1.29, 1.82) is 0 Å². The second-order valence-electron chi connectivity index (χ2n) is 3.25. The Kier molecular flexibility index (Phi) is 2.69. The molecule has 2 aromatic heterocycles. The van der Waals surface area contributed by atoms with E-state index in [2.05, 4.69) is 15.0 Å². The molecule has 0 aliphatic heterocycles. The van der Waals surface area contributed by atoms with Gasteiger partial charge in [-0.1, -0.05) is 6.07 Å². The van der Waals surface area contributed by atoms with Crippen molar-refractivity contribution in [3.63, 3.8) is 0 Å². The van der Waals surface area contributed by atoms with Crippen molar-refractivity contribution in [3.8, 4) is 0 Å². The Morgan fingerprint density at radius 2 is 2.00 bits per heavy atom. The van der Waals surface area contributed by atoms with E-state index in [0.717, 1.165) is 11.3 Å². The van der Waals surface area contributed by atoms with Crippen LogP contribution < -0.4 is 0 Å². The van der Waals surface area contributed by atoms with Crippen LogP contribution in [0.5, 0.6) is 0 Å². The summed E-state index contributed by atoms with van der Waals surface area (Å²) in [5.41, 5.74) is 2.27. The van der Waals surface area contributed by atoms with Gasteiger partial charge in [0, 0.05) is 35.4 Å². The molecule has 0 bridgehead atoms. The van der Waals surface area contributed by atoms with Crippen LogP contribution in [0.1, 0.15) is 22.9 Å². The van der Waals surface area contributed by atoms with E-state index in [1.165, 1.54) is 6.33 Å². The average molecular weight is 201 g/mol. The third-order valence-corrected chi connectivity index (χ3v) is 2.24. The lowest BCUT2D eigenvalue weighted by Gasteiger charge is -2.11. The second kappa shape index (κ2) is 4.14. The number of pyridine rings is 1. The molecule has 2 aromatic rings. The SMILES string of the molecule is Cc1ncccc1C(O)c1cncnc1. The standard InChI is InChI=1S/C11H11N3O/c1-8-10(3-2-4-14-8)11(15)9-5-12-7-13-6-9/h2-7,11,15H,1H3. The predicted molar refractivity (Wildman–Crippen MR) is 55.1 cm³/mol. The van der Waals surface area contributed by atoms with Crippen LogP contribution in [0, 0.1) is 6.92 Å². The predicted octanol–water partition coefficient (Wildman–Crippen LogP) is 1.26. The number of aliphatic hydroxyl groups excluding tert-OH is 1. The van der Waals surface area contributed by atoms with Crippen molar-refractivity contribution in [2.24, 2.45) is 0 Å². The van der Waals surface area contributed by atoms with Crippen LogP contribution in [0.2, 0.25) is 0 Å². The largest absolute Gasteiger partial charge is 0.383 e. The smallest absolute Gasteiger partial charge is 0.115 e. The first-order valence-corrected chi connectivity index (χ1v) is 4.63. The van der Waals surface area contributed by atoms with Gasteiger partial charge in [-0.15, -0.1) is 0 Å². The fourth-order valence-corrected chi connectivity index (χ4v) is 1.42. The van der Waals surface area contributed by atoms with Crippen molar-refractivity contribution >= 4 is 0 Å². The molecule has 0 saturated carbocycles. The maximum absolute atomic E-state index is 10.1. The molecule has 76 valence electrons. The number of aromatic nitrogens is 3. The molecule has 0 radical (unpaired) electrons. The number of nitrogens with zero attached hydrogens (tertiary/aromatic N) is 3. The molecule has 4 nitrogen and oxygen atoms in total. The van der Waals surface area contributed by atoms with Gasteiger partial charge in [0.05, 0.1) is 0 Å². The van der Waals surface area contributed by atoms with Gasteiger partial charge in [0.15, 0.2) is 0 Å². The van der Waals surface area contributed by atoms with Crippen LogP contribution in [-0.2, 0) is 0 Å². The zero-order chi connectivity index (χ0) is 10.7. The minimum absolute atomic E-state index is 0.675. The van der Waals surface area contributed by atoms with Gasteiger partial charge in [0.25, 0.3) is 0 Å². The molecule has 0 amide bonds. The van der Waals surface area contributed by atoms with Crippen molar-refractivity contribution in [2.75, 3.05) is 0 Å². The number of aliphatic hydroxyl groups is 1. The fourth-order valence-electron chi connectivity index (χ4n) is 1.42. The average Bonchev–Trinajstić information content (AvgIpc) is 2.30. The summed E-state index contributed by atoms with van der Waals surface area (Å²) in [5, 5.41) is 10.1. The van der Waals surface area contributed by atoms with Gasteiger partial charge >= 0.3 is 0 Å². The Hall–Kier alpha value is -1.81. The molecule has 0 spiro atoms. The Balaban J connectivity index is 2.37. The number of hydrogen-bond acceptors (Lipinski definition) is 4. The quantitative estimate of drug-likeness (QED) is 0.794. The van der Waals surface area contributed by atoms with E-state index in [1.807, 2.05) is 13.0 Å². The van der Waals surface area contributed by atoms with E-state index < -0.39 is 6.10 Å². The topological polar surface area (TPSA) is 58.9 Å². The van der Waals surface area contributed by atoms with Gasteiger partial charge in [-0.05, 0) is 13.0 Å². The fraction of sp³-hybridized carbons (Fsp3) is 0.182. The second-order valence-corrected chi connectivity index (χ2v) is 3.25. The molecule has 0 aromatic carbocycles. The summed E-state index contributed by atoms with van der Waals surface area (Å²) in [6, 6.07) is 3.65. The lowest BCUT2D eigenvalue weighted by molar-refractivity contribution is 0.218. The molecule has 0 saturated heterocycles. The number of rotatable bonds is 2. The summed E-state index contributed by atoms with van der Waals surface area (Å²) in [6.07, 6.45) is 5.63. The highest BCUT2D eigenvalue weighted by Crippen LogP contribution is 2.21. The molecule has 0 aliphatic carbocycles. The van der Waals surface area contributed by atoms with Crippen LogP contribution in [-0.4, -0.2) is 20.1 Å². The third-order valence-electron chi connectivity index (χ3n) is 2.24. The monoisotopic (exact) mass is 201 g/mol. The van der Waals surface area contributed by atoms with Crippen LogP contribution in [0.15, 0.2) is 37.1 Å². The Bertz CT molecular complexity index is 445. The first kappa shape index (κ1) is 9.73.